The Morgan fingerprint density at radius 3 is 2.20 bits per heavy atom. The summed E-state index contributed by atoms with van der Waals surface area (Å²) in [5.74, 6) is -0.629. The van der Waals surface area contributed by atoms with Crippen LogP contribution in [0.3, 0.4) is 0 Å². The van der Waals surface area contributed by atoms with Crippen molar-refractivity contribution in [2.75, 3.05) is 19.6 Å². The molecule has 0 unspecified atom stereocenters. The van der Waals surface area contributed by atoms with E-state index < -0.39 is 17.0 Å². The van der Waals surface area contributed by atoms with Crippen LogP contribution < -0.4 is 0 Å². The number of nitrogens with zero attached hydrogens (tertiary/aromatic N) is 1. The van der Waals surface area contributed by atoms with Crippen molar-refractivity contribution in [3.05, 3.63) is 0 Å². The first-order chi connectivity index (χ1) is 9.50. The summed E-state index contributed by atoms with van der Waals surface area (Å²) in [6, 6.07) is 0. The van der Waals surface area contributed by atoms with Crippen molar-refractivity contribution in [2.45, 2.75) is 70.3 Å². The third-order valence-electron chi connectivity index (χ3n) is 5.30. The van der Waals surface area contributed by atoms with Crippen molar-refractivity contribution in [3.8, 4) is 0 Å². The lowest BCUT2D eigenvalue weighted by Gasteiger charge is -2.43. The highest BCUT2D eigenvalue weighted by Crippen LogP contribution is 2.38. The van der Waals surface area contributed by atoms with E-state index in [0.29, 0.717) is 0 Å². The molecular weight excluding hydrogens is 254 g/mol. The molecule has 0 aromatic rings. The van der Waals surface area contributed by atoms with E-state index in [0.717, 1.165) is 71.0 Å². The number of aliphatic hydroxyl groups is 1. The van der Waals surface area contributed by atoms with E-state index in [1.807, 2.05) is 0 Å². The third kappa shape index (κ3) is 3.53. The van der Waals surface area contributed by atoms with E-state index in [-0.39, 0.29) is 0 Å². The first-order valence-corrected chi connectivity index (χ1v) is 8.18. The number of rotatable bonds is 5. The zero-order chi connectivity index (χ0) is 14.6. The second-order valence-corrected chi connectivity index (χ2v) is 6.90. The van der Waals surface area contributed by atoms with Crippen molar-refractivity contribution in [3.63, 3.8) is 0 Å². The van der Waals surface area contributed by atoms with Crippen LogP contribution in [0.4, 0.5) is 0 Å². The van der Waals surface area contributed by atoms with E-state index in [1.165, 1.54) is 6.42 Å². The van der Waals surface area contributed by atoms with Gasteiger partial charge in [0.05, 0.1) is 11.0 Å². The highest BCUT2D eigenvalue weighted by molar-refractivity contribution is 5.74. The Morgan fingerprint density at radius 2 is 1.70 bits per heavy atom. The Hall–Kier alpha value is -0.610. The molecule has 1 aliphatic heterocycles. The largest absolute Gasteiger partial charge is 0.481 e. The van der Waals surface area contributed by atoms with Crippen molar-refractivity contribution in [1.82, 2.24) is 4.90 Å². The van der Waals surface area contributed by atoms with Crippen LogP contribution in [0, 0.1) is 5.41 Å². The molecule has 0 spiro atoms. The molecule has 0 amide bonds. The topological polar surface area (TPSA) is 60.8 Å². The second kappa shape index (κ2) is 6.44. The number of hydrogen-bond acceptors (Lipinski definition) is 3. The minimum Gasteiger partial charge on any atom is -0.481 e. The molecule has 0 bridgehead atoms. The average molecular weight is 283 g/mol. The Balaban J connectivity index is 1.88. The van der Waals surface area contributed by atoms with E-state index in [1.54, 1.807) is 0 Å². The summed E-state index contributed by atoms with van der Waals surface area (Å²) in [4.78, 5) is 13.8. The first kappa shape index (κ1) is 15.8. The quantitative estimate of drug-likeness (QED) is 0.814. The van der Waals surface area contributed by atoms with Gasteiger partial charge in [-0.2, -0.15) is 0 Å². The molecule has 0 aromatic carbocycles. The van der Waals surface area contributed by atoms with Crippen molar-refractivity contribution in [2.24, 2.45) is 5.41 Å². The molecule has 1 heterocycles. The summed E-state index contributed by atoms with van der Waals surface area (Å²) in [5.41, 5.74) is -1.04. The number of carboxylic acids is 1. The molecular formula is C16H29NO3. The van der Waals surface area contributed by atoms with Gasteiger partial charge in [0.1, 0.15) is 0 Å². The van der Waals surface area contributed by atoms with E-state index in [4.69, 9.17) is 0 Å². The fourth-order valence-electron chi connectivity index (χ4n) is 3.97. The molecule has 1 saturated heterocycles. The zero-order valence-electron chi connectivity index (χ0n) is 12.7. The molecule has 1 aliphatic carbocycles. The lowest BCUT2D eigenvalue weighted by molar-refractivity contribution is -0.153. The van der Waals surface area contributed by atoms with Crippen molar-refractivity contribution in [1.29, 1.82) is 0 Å². The van der Waals surface area contributed by atoms with Gasteiger partial charge >= 0.3 is 5.97 Å². The van der Waals surface area contributed by atoms with Gasteiger partial charge in [0.25, 0.3) is 0 Å². The van der Waals surface area contributed by atoms with Gasteiger partial charge in [0.2, 0.25) is 0 Å². The molecule has 2 rings (SSSR count). The highest BCUT2D eigenvalue weighted by atomic mass is 16.4. The highest BCUT2D eigenvalue weighted by Gasteiger charge is 2.42. The summed E-state index contributed by atoms with van der Waals surface area (Å²) in [5, 5.41) is 20.1. The van der Waals surface area contributed by atoms with Crippen LogP contribution in [-0.4, -0.2) is 46.3 Å². The summed E-state index contributed by atoms with van der Waals surface area (Å²) in [7, 11) is 0. The van der Waals surface area contributed by atoms with E-state index in [9.17, 15) is 15.0 Å². The summed E-state index contributed by atoms with van der Waals surface area (Å²) >= 11 is 0. The average Bonchev–Trinajstić information content (AvgIpc) is 2.42. The molecule has 0 aromatic heterocycles. The number of aliphatic carboxylic acids is 1. The van der Waals surface area contributed by atoms with Crippen LogP contribution in [0.25, 0.3) is 0 Å². The zero-order valence-corrected chi connectivity index (χ0v) is 12.7. The fraction of sp³-hybridized carbons (Fsp3) is 0.938. The van der Waals surface area contributed by atoms with Gasteiger partial charge in [0.15, 0.2) is 0 Å². The minimum absolute atomic E-state index is 0.513. The SMILES string of the molecule is CCCC1(C(=O)O)CCN(CC2(O)CCCCC2)CC1. The molecule has 2 fully saturated rings. The third-order valence-corrected chi connectivity index (χ3v) is 5.30. The number of β-amino-alcohol motifs (C(OH)–C–C–N with tert-alkyl or cyclic N) is 1. The van der Waals surface area contributed by atoms with Crippen LogP contribution in [0.15, 0.2) is 0 Å². The molecule has 0 radical (unpaired) electrons. The van der Waals surface area contributed by atoms with Crippen LogP contribution in [0.1, 0.15) is 64.7 Å². The molecule has 2 N–H and O–H groups in total. The second-order valence-electron chi connectivity index (χ2n) is 6.90. The Kier molecular flexibility index (Phi) is 5.08. The molecule has 0 atom stereocenters. The van der Waals surface area contributed by atoms with Gasteiger partial charge < -0.3 is 15.1 Å². The van der Waals surface area contributed by atoms with E-state index >= 15 is 0 Å². The fourth-order valence-corrected chi connectivity index (χ4v) is 3.97. The number of carbonyl (C=O) groups is 1. The monoisotopic (exact) mass is 283 g/mol. The lowest BCUT2D eigenvalue weighted by atomic mass is 9.74. The van der Waals surface area contributed by atoms with Crippen LogP contribution in [-0.2, 0) is 4.79 Å². The van der Waals surface area contributed by atoms with Gasteiger partial charge in [-0.3, -0.25) is 4.79 Å². The Morgan fingerprint density at radius 1 is 1.10 bits per heavy atom. The predicted molar refractivity (Wildman–Crippen MR) is 78.7 cm³/mol. The van der Waals surface area contributed by atoms with E-state index in [2.05, 4.69) is 11.8 Å². The van der Waals surface area contributed by atoms with Crippen LogP contribution in [0.5, 0.6) is 0 Å². The summed E-state index contributed by atoms with van der Waals surface area (Å²) in [6.45, 7) is 4.42. The standard InChI is InChI=1S/C16H29NO3/c1-2-6-15(14(18)19)9-11-17(12-10-15)13-16(20)7-4-3-5-8-16/h20H,2-13H2,1H3,(H,18,19). The van der Waals surface area contributed by atoms with Crippen molar-refractivity contribution < 1.29 is 15.0 Å². The smallest absolute Gasteiger partial charge is 0.309 e. The number of likely N-dealkylation sites (tertiary alicyclic amines) is 1. The normalized spacial score (nSPS) is 26.3. The molecule has 20 heavy (non-hydrogen) atoms. The van der Waals surface area contributed by atoms with Gasteiger partial charge in [-0.1, -0.05) is 32.6 Å². The van der Waals surface area contributed by atoms with Gasteiger partial charge in [0, 0.05) is 6.54 Å². The molecule has 4 nitrogen and oxygen atoms in total. The Bertz CT molecular complexity index is 329. The van der Waals surface area contributed by atoms with Crippen LogP contribution >= 0.6 is 0 Å². The molecule has 116 valence electrons. The van der Waals surface area contributed by atoms with Crippen LogP contribution in [0.2, 0.25) is 0 Å². The lowest BCUT2D eigenvalue weighted by Crippen LogP contribution is -2.50. The summed E-state index contributed by atoms with van der Waals surface area (Å²) in [6.07, 6.45) is 8.46. The van der Waals surface area contributed by atoms with Gasteiger partial charge in [-0.15, -0.1) is 0 Å². The van der Waals surface area contributed by atoms with Gasteiger partial charge in [-0.25, -0.2) is 0 Å². The number of piperidine rings is 1. The number of carboxylic acid groups (broad SMARTS) is 1. The minimum atomic E-state index is -0.629. The maximum Gasteiger partial charge on any atom is 0.309 e. The molecule has 4 heteroatoms. The van der Waals surface area contributed by atoms with Gasteiger partial charge in [-0.05, 0) is 45.2 Å². The number of hydrogen-bond donors (Lipinski definition) is 2. The maximum absolute atomic E-state index is 11.6. The molecule has 2 aliphatic rings. The molecule has 1 saturated carbocycles. The first-order valence-electron chi connectivity index (χ1n) is 8.18. The summed E-state index contributed by atoms with van der Waals surface area (Å²) < 4.78 is 0. The van der Waals surface area contributed by atoms with Crippen molar-refractivity contribution >= 4 is 5.97 Å². The predicted octanol–water partition coefficient (Wildman–Crippen LogP) is 2.65. The Labute approximate surface area is 122 Å². The maximum atomic E-state index is 11.6.